The second kappa shape index (κ2) is 4.68. The van der Waals surface area contributed by atoms with Crippen molar-refractivity contribution in [3.05, 3.63) is 35.9 Å². The van der Waals surface area contributed by atoms with Gasteiger partial charge in [-0.3, -0.25) is 0 Å². The normalized spacial score (nSPS) is 12.9. The maximum absolute atomic E-state index is 5.92. The summed E-state index contributed by atoms with van der Waals surface area (Å²) in [6.07, 6.45) is 0.909. The second-order valence-electron chi connectivity index (χ2n) is 2.47. The lowest BCUT2D eigenvalue weighted by Crippen LogP contribution is -2.04. The van der Waals surface area contributed by atoms with Crippen LogP contribution in [0.1, 0.15) is 5.56 Å². The summed E-state index contributed by atoms with van der Waals surface area (Å²) >= 11 is 10.0. The number of thiol groups is 1. The monoisotopic (exact) mass is 186 g/mol. The Balaban J connectivity index is 2.51. The highest BCUT2D eigenvalue weighted by Gasteiger charge is 2.01. The van der Waals surface area contributed by atoms with E-state index in [2.05, 4.69) is 24.8 Å². The van der Waals surface area contributed by atoms with Gasteiger partial charge in [-0.05, 0) is 12.0 Å². The van der Waals surface area contributed by atoms with Crippen molar-refractivity contribution in [2.45, 2.75) is 11.8 Å². The molecule has 0 radical (unpaired) electrons. The van der Waals surface area contributed by atoms with Crippen LogP contribution in [0.25, 0.3) is 0 Å². The summed E-state index contributed by atoms with van der Waals surface area (Å²) in [7, 11) is 0. The highest BCUT2D eigenvalue weighted by molar-refractivity contribution is 7.80. The van der Waals surface area contributed by atoms with Gasteiger partial charge in [0, 0.05) is 11.1 Å². The first-order valence-corrected chi connectivity index (χ1v) is 4.68. The SMILES string of the molecule is SCC(Cl)Cc1ccccc1. The molecule has 1 aromatic rings. The van der Waals surface area contributed by atoms with E-state index >= 15 is 0 Å². The fourth-order valence-electron chi connectivity index (χ4n) is 0.934. The van der Waals surface area contributed by atoms with Crippen LogP contribution in [0, 0.1) is 0 Å². The van der Waals surface area contributed by atoms with Crippen LogP contribution in [0.5, 0.6) is 0 Å². The highest BCUT2D eigenvalue weighted by Crippen LogP contribution is 2.08. The molecule has 0 saturated heterocycles. The molecular formula is C9H11ClS. The van der Waals surface area contributed by atoms with E-state index in [9.17, 15) is 0 Å². The molecule has 0 aromatic heterocycles. The Morgan fingerprint density at radius 1 is 1.27 bits per heavy atom. The summed E-state index contributed by atoms with van der Waals surface area (Å²) in [5.74, 6) is 0.733. The molecule has 0 aliphatic carbocycles. The lowest BCUT2D eigenvalue weighted by atomic mass is 10.1. The fourth-order valence-corrected chi connectivity index (χ4v) is 1.24. The van der Waals surface area contributed by atoms with Crippen LogP contribution in [0.4, 0.5) is 0 Å². The Bertz CT molecular complexity index is 198. The van der Waals surface area contributed by atoms with Crippen molar-refractivity contribution in [2.75, 3.05) is 5.75 Å². The predicted octanol–water partition coefficient (Wildman–Crippen LogP) is 2.77. The summed E-state index contributed by atoms with van der Waals surface area (Å²) in [4.78, 5) is 0. The van der Waals surface area contributed by atoms with Gasteiger partial charge in [0.05, 0.1) is 0 Å². The van der Waals surface area contributed by atoms with Crippen molar-refractivity contribution in [3.63, 3.8) is 0 Å². The number of hydrogen-bond donors (Lipinski definition) is 1. The fraction of sp³-hybridized carbons (Fsp3) is 0.333. The van der Waals surface area contributed by atoms with E-state index in [0.717, 1.165) is 12.2 Å². The Morgan fingerprint density at radius 3 is 2.45 bits per heavy atom. The van der Waals surface area contributed by atoms with Gasteiger partial charge in [0.15, 0.2) is 0 Å². The Morgan fingerprint density at radius 2 is 1.91 bits per heavy atom. The molecule has 0 saturated carbocycles. The van der Waals surface area contributed by atoms with E-state index in [0.29, 0.717) is 0 Å². The minimum Gasteiger partial charge on any atom is -0.178 e. The van der Waals surface area contributed by atoms with Crippen molar-refractivity contribution in [1.82, 2.24) is 0 Å². The summed E-state index contributed by atoms with van der Waals surface area (Å²) in [5.41, 5.74) is 1.28. The first-order valence-electron chi connectivity index (χ1n) is 3.62. The van der Waals surface area contributed by atoms with Crippen LogP contribution in [0.2, 0.25) is 0 Å². The van der Waals surface area contributed by atoms with E-state index in [1.165, 1.54) is 5.56 Å². The van der Waals surface area contributed by atoms with Gasteiger partial charge in [-0.1, -0.05) is 30.3 Å². The first-order chi connectivity index (χ1) is 5.33. The predicted molar refractivity (Wildman–Crippen MR) is 53.6 cm³/mol. The third-order valence-electron chi connectivity index (χ3n) is 1.50. The van der Waals surface area contributed by atoms with Gasteiger partial charge < -0.3 is 0 Å². The molecule has 1 rings (SSSR count). The van der Waals surface area contributed by atoms with E-state index in [1.807, 2.05) is 18.2 Å². The Hall–Kier alpha value is -0.140. The van der Waals surface area contributed by atoms with E-state index in [1.54, 1.807) is 0 Å². The lowest BCUT2D eigenvalue weighted by molar-refractivity contribution is 0.945. The van der Waals surface area contributed by atoms with Crippen molar-refractivity contribution < 1.29 is 0 Å². The largest absolute Gasteiger partial charge is 0.178 e. The van der Waals surface area contributed by atoms with Gasteiger partial charge in [-0.25, -0.2) is 0 Å². The van der Waals surface area contributed by atoms with Gasteiger partial charge >= 0.3 is 0 Å². The lowest BCUT2D eigenvalue weighted by Gasteiger charge is -2.04. The molecule has 1 unspecified atom stereocenters. The molecule has 0 aliphatic rings. The number of rotatable bonds is 3. The summed E-state index contributed by atoms with van der Waals surface area (Å²) < 4.78 is 0. The van der Waals surface area contributed by atoms with Crippen molar-refractivity contribution in [1.29, 1.82) is 0 Å². The molecule has 0 amide bonds. The van der Waals surface area contributed by atoms with E-state index < -0.39 is 0 Å². The quantitative estimate of drug-likeness (QED) is 0.545. The zero-order valence-electron chi connectivity index (χ0n) is 6.20. The zero-order valence-corrected chi connectivity index (χ0v) is 7.85. The molecule has 11 heavy (non-hydrogen) atoms. The van der Waals surface area contributed by atoms with E-state index in [4.69, 9.17) is 11.6 Å². The molecule has 0 nitrogen and oxygen atoms in total. The molecule has 0 N–H and O–H groups in total. The van der Waals surface area contributed by atoms with E-state index in [-0.39, 0.29) is 5.38 Å². The summed E-state index contributed by atoms with van der Waals surface area (Å²) in [6, 6.07) is 10.2. The van der Waals surface area contributed by atoms with Crippen LogP contribution >= 0.6 is 24.2 Å². The van der Waals surface area contributed by atoms with Crippen LogP contribution < -0.4 is 0 Å². The van der Waals surface area contributed by atoms with Gasteiger partial charge in [0.25, 0.3) is 0 Å². The molecule has 0 aliphatic heterocycles. The summed E-state index contributed by atoms with van der Waals surface area (Å²) in [5, 5.41) is 0.153. The average molecular weight is 187 g/mol. The van der Waals surface area contributed by atoms with Gasteiger partial charge in [-0.2, -0.15) is 12.6 Å². The van der Waals surface area contributed by atoms with Crippen molar-refractivity contribution in [3.8, 4) is 0 Å². The molecule has 1 atom stereocenters. The molecule has 2 heteroatoms. The average Bonchev–Trinajstić information content (AvgIpc) is 2.06. The van der Waals surface area contributed by atoms with Gasteiger partial charge in [0.1, 0.15) is 0 Å². The number of hydrogen-bond acceptors (Lipinski definition) is 1. The zero-order chi connectivity index (χ0) is 8.10. The molecule has 60 valence electrons. The third kappa shape index (κ3) is 3.17. The van der Waals surface area contributed by atoms with Crippen LogP contribution in [0.15, 0.2) is 30.3 Å². The number of alkyl halides is 1. The minimum absolute atomic E-state index is 0.153. The Kier molecular flexibility index (Phi) is 3.81. The maximum atomic E-state index is 5.92. The van der Waals surface area contributed by atoms with Crippen LogP contribution in [-0.2, 0) is 6.42 Å². The van der Waals surface area contributed by atoms with Gasteiger partial charge in [0.2, 0.25) is 0 Å². The summed E-state index contributed by atoms with van der Waals surface area (Å²) in [6.45, 7) is 0. The minimum atomic E-state index is 0.153. The third-order valence-corrected chi connectivity index (χ3v) is 2.46. The topological polar surface area (TPSA) is 0 Å². The van der Waals surface area contributed by atoms with Gasteiger partial charge in [-0.15, -0.1) is 11.6 Å². The number of halogens is 1. The molecular weight excluding hydrogens is 176 g/mol. The van der Waals surface area contributed by atoms with Crippen molar-refractivity contribution >= 4 is 24.2 Å². The van der Waals surface area contributed by atoms with Crippen molar-refractivity contribution in [2.24, 2.45) is 0 Å². The number of benzene rings is 1. The highest BCUT2D eigenvalue weighted by atomic mass is 35.5. The first kappa shape index (κ1) is 8.95. The maximum Gasteiger partial charge on any atom is 0.0464 e. The Labute approximate surface area is 78.0 Å². The standard InChI is InChI=1S/C9H11ClS/c10-9(7-11)6-8-4-2-1-3-5-8/h1-5,9,11H,6-7H2. The second-order valence-corrected chi connectivity index (χ2v) is 3.45. The molecule has 0 bridgehead atoms. The smallest absolute Gasteiger partial charge is 0.0464 e. The molecule has 0 spiro atoms. The molecule has 0 heterocycles. The molecule has 1 aromatic carbocycles. The van der Waals surface area contributed by atoms with Crippen LogP contribution in [-0.4, -0.2) is 11.1 Å². The molecule has 0 fully saturated rings. The van der Waals surface area contributed by atoms with Crippen LogP contribution in [0.3, 0.4) is 0 Å².